The number of alkyl halides is 5. The van der Waals surface area contributed by atoms with Crippen molar-refractivity contribution < 1.29 is 36.6 Å². The van der Waals surface area contributed by atoms with E-state index in [0.29, 0.717) is 17.1 Å². The number of pyridine rings is 1. The summed E-state index contributed by atoms with van der Waals surface area (Å²) in [6.07, 6.45) is -5.49. The Balaban J connectivity index is 1.37. The number of carboxylic acid groups (broad SMARTS) is 1. The van der Waals surface area contributed by atoms with E-state index >= 15 is 0 Å². The van der Waals surface area contributed by atoms with E-state index in [2.05, 4.69) is 30.4 Å². The molecule has 1 aliphatic carbocycles. The van der Waals surface area contributed by atoms with Crippen LogP contribution >= 0.6 is 11.3 Å². The van der Waals surface area contributed by atoms with E-state index in [4.69, 9.17) is 5.73 Å². The Morgan fingerprint density at radius 3 is 2.71 bits per heavy atom. The van der Waals surface area contributed by atoms with Gasteiger partial charge in [-0.3, -0.25) is 9.59 Å². The normalized spacial score (nSPS) is 22.1. The number of amides is 1. The van der Waals surface area contributed by atoms with Gasteiger partial charge < -0.3 is 16.2 Å². The first-order chi connectivity index (χ1) is 19.2. The molecular weight excluding hydrogens is 575 g/mol. The number of aromatic nitrogens is 6. The number of halogens is 5. The van der Waals surface area contributed by atoms with Gasteiger partial charge in [-0.25, -0.2) is 24.6 Å². The SMILES string of the molecule is CC1(c2nc([C@H]3C[C@@H]3C(=O)O)cs2)C(=O)Nc2nc(-c3nn(CCC(F)(F)C(F)(F)F)c4ncccc34)nc(N)c21. The molecule has 0 saturated heterocycles. The number of carbonyl (C=O) groups excluding carboxylic acids is 1. The highest BCUT2D eigenvalue weighted by Gasteiger charge is 2.57. The van der Waals surface area contributed by atoms with Gasteiger partial charge in [0, 0.05) is 30.5 Å². The second-order valence-corrected chi connectivity index (χ2v) is 10.9. The third kappa shape index (κ3) is 4.17. The van der Waals surface area contributed by atoms with Crippen LogP contribution in [0.5, 0.6) is 0 Å². The summed E-state index contributed by atoms with van der Waals surface area (Å²) in [7, 11) is 0. The second-order valence-electron chi connectivity index (χ2n) is 10.00. The fraction of sp³-hybridized carbons (Fsp3) is 0.375. The van der Waals surface area contributed by atoms with Crippen molar-refractivity contribution in [1.82, 2.24) is 29.7 Å². The van der Waals surface area contributed by atoms with Crippen LogP contribution in [0.25, 0.3) is 22.6 Å². The van der Waals surface area contributed by atoms with Gasteiger partial charge in [0.25, 0.3) is 0 Å². The quantitative estimate of drug-likeness (QED) is 0.269. The number of hydrogen-bond acceptors (Lipinski definition) is 9. The summed E-state index contributed by atoms with van der Waals surface area (Å²) in [5.74, 6) is -7.27. The number of rotatable bonds is 7. The van der Waals surface area contributed by atoms with Crippen LogP contribution < -0.4 is 11.1 Å². The lowest BCUT2D eigenvalue weighted by Gasteiger charge is -2.20. The lowest BCUT2D eigenvalue weighted by molar-refractivity contribution is -0.285. The van der Waals surface area contributed by atoms with Crippen molar-refractivity contribution in [2.24, 2.45) is 5.92 Å². The van der Waals surface area contributed by atoms with Crippen LogP contribution in [0, 0.1) is 5.92 Å². The highest BCUT2D eigenvalue weighted by molar-refractivity contribution is 7.10. The Morgan fingerprint density at radius 1 is 1.27 bits per heavy atom. The Labute approximate surface area is 230 Å². The van der Waals surface area contributed by atoms with Crippen LogP contribution in [0.15, 0.2) is 23.7 Å². The van der Waals surface area contributed by atoms with Crippen LogP contribution in [-0.2, 0) is 21.5 Å². The van der Waals surface area contributed by atoms with Crippen molar-refractivity contribution in [1.29, 1.82) is 0 Å². The number of thiazole rings is 1. The lowest BCUT2D eigenvalue weighted by atomic mass is 9.85. The zero-order valence-corrected chi connectivity index (χ0v) is 21.7. The molecule has 1 unspecified atom stereocenters. The van der Waals surface area contributed by atoms with E-state index in [9.17, 15) is 36.6 Å². The number of aliphatic carboxylic acids is 1. The number of aryl methyl sites for hydroxylation is 1. The zero-order valence-electron chi connectivity index (χ0n) is 20.9. The number of fused-ring (bicyclic) bond motifs is 2. The molecule has 3 atom stereocenters. The Bertz CT molecular complexity index is 1740. The first-order valence-electron chi connectivity index (χ1n) is 12.2. The molecule has 0 aromatic carbocycles. The maximum atomic E-state index is 13.6. The van der Waals surface area contributed by atoms with Crippen molar-refractivity contribution in [3.63, 3.8) is 0 Å². The highest BCUT2D eigenvalue weighted by Crippen LogP contribution is 2.51. The van der Waals surface area contributed by atoms with Gasteiger partial charge in [0.1, 0.15) is 27.8 Å². The molecule has 4 aromatic heterocycles. The third-order valence-corrected chi connectivity index (χ3v) is 8.41. The number of nitrogen functional groups attached to an aromatic ring is 1. The average molecular weight is 595 g/mol. The molecule has 41 heavy (non-hydrogen) atoms. The van der Waals surface area contributed by atoms with Gasteiger partial charge in [0.2, 0.25) is 5.91 Å². The Morgan fingerprint density at radius 2 is 2.02 bits per heavy atom. The summed E-state index contributed by atoms with van der Waals surface area (Å²) < 4.78 is 66.3. The summed E-state index contributed by atoms with van der Waals surface area (Å²) in [4.78, 5) is 41.9. The second kappa shape index (κ2) is 8.86. The van der Waals surface area contributed by atoms with Gasteiger partial charge in [0.05, 0.1) is 22.6 Å². The number of anilines is 2. The van der Waals surface area contributed by atoms with Crippen molar-refractivity contribution in [3.8, 4) is 11.5 Å². The van der Waals surface area contributed by atoms with Crippen LogP contribution in [-0.4, -0.2) is 58.8 Å². The average Bonchev–Trinajstić information content (AvgIpc) is 3.27. The summed E-state index contributed by atoms with van der Waals surface area (Å²) in [5.41, 5.74) is 5.79. The number of nitrogens with one attached hydrogen (secondary N) is 1. The first-order valence-corrected chi connectivity index (χ1v) is 13.0. The van der Waals surface area contributed by atoms with Crippen LogP contribution in [0.4, 0.5) is 33.6 Å². The minimum atomic E-state index is -5.72. The molecule has 1 fully saturated rings. The number of nitrogens with two attached hydrogens (primary N) is 1. The smallest absolute Gasteiger partial charge is 0.453 e. The molecule has 0 bridgehead atoms. The minimum Gasteiger partial charge on any atom is -0.481 e. The van der Waals surface area contributed by atoms with Gasteiger partial charge in [-0.15, -0.1) is 11.3 Å². The fourth-order valence-electron chi connectivity index (χ4n) is 4.92. The molecule has 5 heterocycles. The number of carbonyl (C=O) groups is 2. The number of carboxylic acids is 1. The molecule has 214 valence electrons. The molecule has 2 aliphatic rings. The predicted molar refractivity (Wildman–Crippen MR) is 134 cm³/mol. The van der Waals surface area contributed by atoms with Crippen molar-refractivity contribution in [2.75, 3.05) is 11.1 Å². The van der Waals surface area contributed by atoms with Gasteiger partial charge in [-0.2, -0.15) is 27.1 Å². The molecular formula is C24H19F5N8O3S. The molecule has 1 amide bonds. The maximum absolute atomic E-state index is 13.6. The van der Waals surface area contributed by atoms with Crippen LogP contribution in [0.3, 0.4) is 0 Å². The predicted octanol–water partition coefficient (Wildman–Crippen LogP) is 3.96. The largest absolute Gasteiger partial charge is 0.481 e. The van der Waals surface area contributed by atoms with Crippen LogP contribution in [0.2, 0.25) is 0 Å². The van der Waals surface area contributed by atoms with Gasteiger partial charge in [-0.1, -0.05) is 0 Å². The zero-order chi connectivity index (χ0) is 29.5. The molecule has 1 saturated carbocycles. The van der Waals surface area contributed by atoms with E-state index in [1.54, 1.807) is 12.3 Å². The number of nitrogens with zero attached hydrogens (tertiary/aromatic N) is 6. The molecule has 4 N–H and O–H groups in total. The Hall–Kier alpha value is -4.28. The summed E-state index contributed by atoms with van der Waals surface area (Å²) in [6.45, 7) is 0.790. The maximum Gasteiger partial charge on any atom is 0.453 e. The first kappa shape index (κ1) is 26.9. The van der Waals surface area contributed by atoms with Crippen molar-refractivity contribution in [3.05, 3.63) is 40.0 Å². The standard InChI is InChI=1S/C24H19F5N8O3S/c1-22(21-32-12(8-41-21)10-7-11(10)19(38)39)13-15(30)33-17(34-16(13)35-20(22)40)14-9-3-2-5-31-18(9)37(36-14)6-4-23(25,26)24(27,28)29/h2-3,5,8,10-11H,4,6-7H2,1H3,(H,38,39)(H3,30,33,34,35,40)/t10-,11-,22?/m0/s1. The van der Waals surface area contributed by atoms with Crippen molar-refractivity contribution in [2.45, 2.75) is 49.7 Å². The van der Waals surface area contributed by atoms with Gasteiger partial charge in [-0.05, 0) is 25.5 Å². The highest BCUT2D eigenvalue weighted by atomic mass is 32.1. The Kier molecular flexibility index (Phi) is 5.82. The topological polar surface area (TPSA) is 162 Å². The monoisotopic (exact) mass is 594 g/mol. The van der Waals surface area contributed by atoms with Crippen LogP contribution in [0.1, 0.15) is 41.9 Å². The molecule has 17 heteroatoms. The minimum absolute atomic E-state index is 0.0192. The summed E-state index contributed by atoms with van der Waals surface area (Å²) in [6, 6.07) is 3.05. The molecule has 1 aliphatic heterocycles. The lowest BCUT2D eigenvalue weighted by Crippen LogP contribution is -2.37. The van der Waals surface area contributed by atoms with E-state index in [1.807, 2.05) is 0 Å². The summed E-state index contributed by atoms with van der Waals surface area (Å²) >= 11 is 1.18. The van der Waals surface area contributed by atoms with Crippen molar-refractivity contribution >= 4 is 45.9 Å². The third-order valence-electron chi connectivity index (χ3n) is 7.33. The van der Waals surface area contributed by atoms with E-state index in [1.165, 1.54) is 29.7 Å². The van der Waals surface area contributed by atoms with Gasteiger partial charge in [0.15, 0.2) is 11.5 Å². The molecule has 6 rings (SSSR count). The summed E-state index contributed by atoms with van der Waals surface area (Å²) in [5, 5.41) is 18.4. The molecule has 4 aromatic rings. The molecule has 0 spiro atoms. The van der Waals surface area contributed by atoms with E-state index in [0.717, 1.165) is 4.68 Å². The molecule has 11 nitrogen and oxygen atoms in total. The van der Waals surface area contributed by atoms with E-state index in [-0.39, 0.29) is 45.7 Å². The van der Waals surface area contributed by atoms with E-state index < -0.39 is 48.3 Å². The number of hydrogen-bond donors (Lipinski definition) is 3. The molecule has 0 radical (unpaired) electrons. The van der Waals surface area contributed by atoms with Gasteiger partial charge >= 0.3 is 18.1 Å². The fourth-order valence-corrected chi connectivity index (χ4v) is 5.97.